The topological polar surface area (TPSA) is 55.1 Å². The van der Waals surface area contributed by atoms with Gasteiger partial charge in [0.15, 0.2) is 0 Å². The zero-order valence-electron chi connectivity index (χ0n) is 11.7. The number of carbonyl (C=O) groups excluding carboxylic acids is 1. The highest BCUT2D eigenvalue weighted by Gasteiger charge is 2.54. The van der Waals surface area contributed by atoms with E-state index < -0.39 is 0 Å². The van der Waals surface area contributed by atoms with Gasteiger partial charge in [-0.3, -0.25) is 4.79 Å². The number of anilines is 1. The molecule has 2 aliphatic carbocycles. The van der Waals surface area contributed by atoms with E-state index >= 15 is 0 Å². The first-order valence-electron chi connectivity index (χ1n) is 7.30. The highest BCUT2D eigenvalue weighted by atomic mass is 32.1. The van der Waals surface area contributed by atoms with Crippen LogP contribution in [0.3, 0.4) is 0 Å². The van der Waals surface area contributed by atoms with Gasteiger partial charge in [-0.05, 0) is 43.2 Å². The van der Waals surface area contributed by atoms with E-state index in [2.05, 4.69) is 5.32 Å². The first-order valence-corrected chi connectivity index (χ1v) is 7.70. The van der Waals surface area contributed by atoms with Crippen molar-refractivity contribution >= 4 is 28.8 Å². The second kappa shape index (κ2) is 5.17. The van der Waals surface area contributed by atoms with Crippen LogP contribution in [0.1, 0.15) is 36.8 Å². The molecule has 2 fully saturated rings. The molecular weight excluding hydrogens is 268 g/mol. The van der Waals surface area contributed by atoms with Gasteiger partial charge in [-0.25, -0.2) is 0 Å². The van der Waals surface area contributed by atoms with Crippen molar-refractivity contribution in [1.29, 1.82) is 0 Å². The molecule has 2 atom stereocenters. The van der Waals surface area contributed by atoms with Crippen molar-refractivity contribution in [1.82, 2.24) is 0 Å². The summed E-state index contributed by atoms with van der Waals surface area (Å²) >= 11 is 5.10. The third kappa shape index (κ3) is 2.33. The quantitative estimate of drug-likeness (QED) is 0.841. The Morgan fingerprint density at radius 2 is 1.95 bits per heavy atom. The van der Waals surface area contributed by atoms with Crippen LogP contribution in [0.25, 0.3) is 0 Å². The van der Waals surface area contributed by atoms with Crippen LogP contribution in [-0.2, 0) is 4.79 Å². The van der Waals surface area contributed by atoms with Crippen LogP contribution in [0.15, 0.2) is 18.2 Å². The number of aryl methyl sites for hydroxylation is 1. The summed E-state index contributed by atoms with van der Waals surface area (Å²) in [4.78, 5) is 12.8. The molecule has 1 aromatic carbocycles. The van der Waals surface area contributed by atoms with Gasteiger partial charge in [0.05, 0.1) is 5.69 Å². The van der Waals surface area contributed by atoms with Gasteiger partial charge >= 0.3 is 0 Å². The largest absolute Gasteiger partial charge is 0.389 e. The van der Waals surface area contributed by atoms with Gasteiger partial charge in [-0.15, -0.1) is 0 Å². The van der Waals surface area contributed by atoms with E-state index in [0.717, 1.165) is 16.8 Å². The SMILES string of the molecule is Cc1cccc(NC(=O)C2C3CCCCC32)c1C(N)=S. The maximum Gasteiger partial charge on any atom is 0.228 e. The fourth-order valence-corrected chi connectivity index (χ4v) is 3.97. The molecule has 106 valence electrons. The molecule has 1 aromatic rings. The summed E-state index contributed by atoms with van der Waals surface area (Å²) in [6, 6.07) is 5.76. The minimum atomic E-state index is 0.144. The summed E-state index contributed by atoms with van der Waals surface area (Å²) in [6.45, 7) is 1.96. The van der Waals surface area contributed by atoms with Gasteiger partial charge in [-0.2, -0.15) is 0 Å². The molecule has 2 unspecified atom stereocenters. The Hall–Kier alpha value is -1.42. The first kappa shape index (κ1) is 13.6. The lowest BCUT2D eigenvalue weighted by atomic mass is 10.0. The molecule has 3 N–H and O–H groups in total. The molecule has 3 rings (SSSR count). The molecule has 2 aliphatic rings. The number of nitrogens with one attached hydrogen (secondary N) is 1. The van der Waals surface area contributed by atoms with Crippen LogP contribution in [0.2, 0.25) is 0 Å². The zero-order valence-corrected chi connectivity index (χ0v) is 12.5. The summed E-state index contributed by atoms with van der Waals surface area (Å²) in [5, 5.41) is 3.04. The van der Waals surface area contributed by atoms with E-state index in [1.165, 1.54) is 25.7 Å². The zero-order chi connectivity index (χ0) is 14.3. The van der Waals surface area contributed by atoms with Crippen molar-refractivity contribution in [2.24, 2.45) is 23.5 Å². The highest BCUT2D eigenvalue weighted by Crippen LogP contribution is 2.55. The lowest BCUT2D eigenvalue weighted by Crippen LogP contribution is -2.20. The number of carbonyl (C=O) groups is 1. The van der Waals surface area contributed by atoms with Crippen molar-refractivity contribution < 1.29 is 4.79 Å². The van der Waals surface area contributed by atoms with Crippen LogP contribution in [-0.4, -0.2) is 10.9 Å². The number of rotatable bonds is 3. The van der Waals surface area contributed by atoms with Gasteiger partial charge in [0.1, 0.15) is 4.99 Å². The molecule has 0 bridgehead atoms. The molecule has 0 radical (unpaired) electrons. The molecule has 20 heavy (non-hydrogen) atoms. The fraction of sp³-hybridized carbons (Fsp3) is 0.500. The average molecular weight is 288 g/mol. The van der Waals surface area contributed by atoms with Crippen molar-refractivity contribution in [3.05, 3.63) is 29.3 Å². The molecule has 0 aliphatic heterocycles. The van der Waals surface area contributed by atoms with E-state index in [4.69, 9.17) is 18.0 Å². The average Bonchev–Trinajstić information content (AvgIpc) is 3.12. The molecule has 0 saturated heterocycles. The molecule has 0 aromatic heterocycles. The number of fused-ring (bicyclic) bond motifs is 1. The third-order valence-electron chi connectivity index (χ3n) is 4.74. The summed E-state index contributed by atoms with van der Waals surface area (Å²) in [5.41, 5.74) is 8.33. The van der Waals surface area contributed by atoms with E-state index in [0.29, 0.717) is 16.8 Å². The number of nitrogens with two attached hydrogens (primary N) is 1. The minimum Gasteiger partial charge on any atom is -0.389 e. The summed E-state index contributed by atoms with van der Waals surface area (Å²) < 4.78 is 0. The monoisotopic (exact) mass is 288 g/mol. The van der Waals surface area contributed by atoms with Crippen LogP contribution in [0.5, 0.6) is 0 Å². The number of benzene rings is 1. The molecular formula is C16H20N2OS. The molecule has 0 spiro atoms. The fourth-order valence-electron chi connectivity index (χ4n) is 3.70. The van der Waals surface area contributed by atoms with Crippen molar-refractivity contribution in [2.45, 2.75) is 32.6 Å². The third-order valence-corrected chi connectivity index (χ3v) is 4.94. The lowest BCUT2D eigenvalue weighted by molar-refractivity contribution is -0.117. The molecule has 4 heteroatoms. The van der Waals surface area contributed by atoms with Gasteiger partial charge in [0.25, 0.3) is 0 Å². The molecule has 1 amide bonds. The van der Waals surface area contributed by atoms with Crippen molar-refractivity contribution in [3.63, 3.8) is 0 Å². The number of hydrogen-bond acceptors (Lipinski definition) is 2. The second-order valence-electron chi connectivity index (χ2n) is 5.99. The minimum absolute atomic E-state index is 0.144. The second-order valence-corrected chi connectivity index (χ2v) is 6.43. The predicted molar refractivity (Wildman–Crippen MR) is 84.6 cm³/mol. The van der Waals surface area contributed by atoms with E-state index in [1.807, 2.05) is 25.1 Å². The van der Waals surface area contributed by atoms with Gasteiger partial charge in [-0.1, -0.05) is 37.2 Å². The van der Waals surface area contributed by atoms with E-state index in [-0.39, 0.29) is 11.8 Å². The van der Waals surface area contributed by atoms with Crippen LogP contribution in [0.4, 0.5) is 5.69 Å². The summed E-state index contributed by atoms with van der Waals surface area (Å²) in [6.07, 6.45) is 4.96. The normalized spacial score (nSPS) is 27.6. The maximum atomic E-state index is 12.4. The predicted octanol–water partition coefficient (Wildman–Crippen LogP) is 3.00. The Balaban J connectivity index is 1.77. The van der Waals surface area contributed by atoms with Crippen LogP contribution < -0.4 is 11.1 Å². The van der Waals surface area contributed by atoms with E-state index in [1.54, 1.807) is 0 Å². The van der Waals surface area contributed by atoms with Crippen molar-refractivity contribution in [3.8, 4) is 0 Å². The van der Waals surface area contributed by atoms with Gasteiger partial charge < -0.3 is 11.1 Å². The molecule has 0 heterocycles. The van der Waals surface area contributed by atoms with Gasteiger partial charge in [0.2, 0.25) is 5.91 Å². The van der Waals surface area contributed by atoms with Gasteiger partial charge in [0, 0.05) is 11.5 Å². The maximum absolute atomic E-state index is 12.4. The lowest BCUT2D eigenvalue weighted by Gasteiger charge is -2.12. The Bertz CT molecular complexity index is 558. The number of hydrogen-bond donors (Lipinski definition) is 2. The Morgan fingerprint density at radius 3 is 2.55 bits per heavy atom. The Labute approximate surface area is 124 Å². The highest BCUT2D eigenvalue weighted by molar-refractivity contribution is 7.80. The number of amides is 1. The smallest absolute Gasteiger partial charge is 0.228 e. The standard InChI is InChI=1S/C16H20N2OS/c1-9-5-4-8-12(13(9)15(17)20)18-16(19)14-10-6-2-3-7-11(10)14/h4-5,8,10-11,14H,2-3,6-7H2,1H3,(H2,17,20)(H,18,19). The number of thiocarbonyl (C=S) groups is 1. The van der Waals surface area contributed by atoms with Crippen molar-refractivity contribution in [2.75, 3.05) is 5.32 Å². The van der Waals surface area contributed by atoms with Crippen LogP contribution in [0, 0.1) is 24.7 Å². The summed E-state index contributed by atoms with van der Waals surface area (Å²) in [7, 11) is 0. The summed E-state index contributed by atoms with van der Waals surface area (Å²) in [5.74, 6) is 1.57. The van der Waals surface area contributed by atoms with Crippen LogP contribution >= 0.6 is 12.2 Å². The first-order chi connectivity index (χ1) is 9.59. The Kier molecular flexibility index (Phi) is 3.50. The van der Waals surface area contributed by atoms with E-state index in [9.17, 15) is 4.79 Å². The molecule has 2 saturated carbocycles. The molecule has 3 nitrogen and oxygen atoms in total. The Morgan fingerprint density at radius 1 is 1.30 bits per heavy atom.